The number of alkyl carbamates (subject to hydrolysis) is 1. The molecule has 32 heavy (non-hydrogen) atoms. The lowest BCUT2D eigenvalue weighted by Gasteiger charge is -2.14. The lowest BCUT2D eigenvalue weighted by Crippen LogP contribution is -2.26. The van der Waals surface area contributed by atoms with E-state index >= 15 is 0 Å². The van der Waals surface area contributed by atoms with Gasteiger partial charge in [0.1, 0.15) is 18.2 Å². The van der Waals surface area contributed by atoms with E-state index in [4.69, 9.17) is 4.74 Å². The van der Waals surface area contributed by atoms with Gasteiger partial charge in [0.25, 0.3) is 0 Å². The minimum absolute atomic E-state index is 0.00724. The van der Waals surface area contributed by atoms with Crippen LogP contribution in [-0.2, 0) is 4.74 Å². The van der Waals surface area contributed by atoms with Crippen molar-refractivity contribution in [3.63, 3.8) is 0 Å². The van der Waals surface area contributed by atoms with E-state index in [0.717, 1.165) is 34.4 Å². The number of carbonyl (C=O) groups is 2. The van der Waals surface area contributed by atoms with Crippen LogP contribution < -0.4 is 5.32 Å². The van der Waals surface area contributed by atoms with Crippen LogP contribution in [0.4, 0.5) is 13.6 Å². The molecule has 0 unspecified atom stereocenters. The number of aldehydes is 1. The Bertz CT molecular complexity index is 1120. The van der Waals surface area contributed by atoms with Gasteiger partial charge in [0, 0.05) is 12.5 Å². The van der Waals surface area contributed by atoms with Crippen molar-refractivity contribution in [2.75, 3.05) is 13.2 Å². The van der Waals surface area contributed by atoms with E-state index in [0.29, 0.717) is 18.5 Å². The van der Waals surface area contributed by atoms with Crippen LogP contribution in [0, 0.1) is 11.6 Å². The summed E-state index contributed by atoms with van der Waals surface area (Å²) < 4.78 is 32.7. The molecule has 0 bridgehead atoms. The standard InChI is InChI=1S/C26H21F2NO3/c27-24-13-17(14-25(28)22(24)15-30)7-5-6-12-29-26(31)32-16-23-20-10-3-1-8-18(20)19-9-2-4-11-21(19)23/h1-5,7-11,13-15,23H,6,12,16H2,(H,29,31). The topological polar surface area (TPSA) is 55.4 Å². The summed E-state index contributed by atoms with van der Waals surface area (Å²) in [4.78, 5) is 22.8. The number of ether oxygens (including phenoxy) is 1. The number of amides is 1. The Hall–Kier alpha value is -3.80. The monoisotopic (exact) mass is 433 g/mol. The van der Waals surface area contributed by atoms with Crippen molar-refractivity contribution in [2.24, 2.45) is 0 Å². The van der Waals surface area contributed by atoms with Crippen LogP contribution in [-0.4, -0.2) is 25.5 Å². The van der Waals surface area contributed by atoms with Crippen molar-refractivity contribution >= 4 is 18.5 Å². The van der Waals surface area contributed by atoms with Crippen LogP contribution in [0.3, 0.4) is 0 Å². The van der Waals surface area contributed by atoms with Gasteiger partial charge < -0.3 is 10.1 Å². The Kier molecular flexibility index (Phi) is 6.40. The molecule has 1 aliphatic carbocycles. The van der Waals surface area contributed by atoms with Crippen LogP contribution >= 0.6 is 0 Å². The third-order valence-corrected chi connectivity index (χ3v) is 5.45. The van der Waals surface area contributed by atoms with E-state index in [1.165, 1.54) is 6.08 Å². The molecule has 1 amide bonds. The summed E-state index contributed by atoms with van der Waals surface area (Å²) in [7, 11) is 0. The highest BCUT2D eigenvalue weighted by Gasteiger charge is 2.28. The molecule has 1 N–H and O–H groups in total. The van der Waals surface area contributed by atoms with Gasteiger partial charge in [-0.2, -0.15) is 0 Å². The van der Waals surface area contributed by atoms with E-state index in [2.05, 4.69) is 29.6 Å². The minimum atomic E-state index is -0.906. The Morgan fingerprint density at radius 2 is 1.56 bits per heavy atom. The highest BCUT2D eigenvalue weighted by atomic mass is 19.1. The van der Waals surface area contributed by atoms with Crippen LogP contribution in [0.2, 0.25) is 0 Å². The number of hydrogen-bond donors (Lipinski definition) is 1. The third-order valence-electron chi connectivity index (χ3n) is 5.45. The quantitative estimate of drug-likeness (QED) is 0.383. The molecule has 0 saturated heterocycles. The van der Waals surface area contributed by atoms with Gasteiger partial charge in [-0.3, -0.25) is 4.79 Å². The molecule has 0 heterocycles. The number of rotatable bonds is 7. The SMILES string of the molecule is O=Cc1c(F)cc(C=CCCNC(=O)OCC2c3ccccc3-c3ccccc32)cc1F. The summed E-state index contributed by atoms with van der Waals surface area (Å²) in [6.07, 6.45) is 3.28. The molecule has 0 saturated carbocycles. The molecule has 6 heteroatoms. The molecule has 3 aromatic rings. The summed E-state index contributed by atoms with van der Waals surface area (Å²) in [6, 6.07) is 18.4. The van der Waals surface area contributed by atoms with Gasteiger partial charge in [-0.05, 0) is 46.4 Å². The zero-order valence-corrected chi connectivity index (χ0v) is 17.2. The number of carbonyl (C=O) groups excluding carboxylic acids is 2. The van der Waals surface area contributed by atoms with Crippen molar-refractivity contribution in [3.8, 4) is 11.1 Å². The second-order valence-corrected chi connectivity index (χ2v) is 7.46. The minimum Gasteiger partial charge on any atom is -0.449 e. The Balaban J connectivity index is 1.28. The fraction of sp³-hybridized carbons (Fsp3) is 0.154. The Morgan fingerprint density at radius 3 is 2.16 bits per heavy atom. The molecule has 0 aromatic heterocycles. The smallest absolute Gasteiger partial charge is 0.407 e. The van der Waals surface area contributed by atoms with Gasteiger partial charge in [-0.15, -0.1) is 0 Å². The molecule has 0 atom stereocenters. The zero-order valence-electron chi connectivity index (χ0n) is 17.2. The number of nitrogens with one attached hydrogen (secondary N) is 1. The van der Waals surface area contributed by atoms with Gasteiger partial charge in [-0.25, -0.2) is 13.6 Å². The maximum absolute atomic E-state index is 13.6. The first-order valence-electron chi connectivity index (χ1n) is 10.3. The summed E-state index contributed by atoms with van der Waals surface area (Å²) in [5.41, 5.74) is 4.33. The van der Waals surface area contributed by atoms with Crippen molar-refractivity contribution in [1.29, 1.82) is 0 Å². The van der Waals surface area contributed by atoms with Gasteiger partial charge in [0.05, 0.1) is 5.56 Å². The highest BCUT2D eigenvalue weighted by Crippen LogP contribution is 2.44. The largest absolute Gasteiger partial charge is 0.449 e. The van der Waals surface area contributed by atoms with Gasteiger partial charge >= 0.3 is 6.09 Å². The maximum Gasteiger partial charge on any atom is 0.407 e. The molecule has 0 radical (unpaired) electrons. The average Bonchev–Trinajstić information content (AvgIpc) is 3.11. The van der Waals surface area contributed by atoms with E-state index < -0.39 is 23.3 Å². The van der Waals surface area contributed by atoms with Crippen LogP contribution in [0.25, 0.3) is 17.2 Å². The van der Waals surface area contributed by atoms with Crippen molar-refractivity contribution < 1.29 is 23.1 Å². The molecule has 0 aliphatic heterocycles. The second kappa shape index (κ2) is 9.56. The van der Waals surface area contributed by atoms with Crippen molar-refractivity contribution in [1.82, 2.24) is 5.32 Å². The molecule has 162 valence electrons. The predicted molar refractivity (Wildman–Crippen MR) is 118 cm³/mol. The van der Waals surface area contributed by atoms with E-state index in [1.54, 1.807) is 6.08 Å². The predicted octanol–water partition coefficient (Wildman–Crippen LogP) is 5.72. The molecular formula is C26H21F2NO3. The molecular weight excluding hydrogens is 412 g/mol. The van der Waals surface area contributed by atoms with E-state index in [9.17, 15) is 18.4 Å². The van der Waals surface area contributed by atoms with Crippen molar-refractivity contribution in [2.45, 2.75) is 12.3 Å². The molecule has 0 fully saturated rings. The lowest BCUT2D eigenvalue weighted by atomic mass is 9.98. The summed E-state index contributed by atoms with van der Waals surface area (Å²) in [6.45, 7) is 0.544. The first kappa shape index (κ1) is 21.4. The number of benzene rings is 3. The molecule has 1 aliphatic rings. The van der Waals surface area contributed by atoms with Crippen LogP contribution in [0.15, 0.2) is 66.7 Å². The fourth-order valence-electron chi connectivity index (χ4n) is 3.94. The number of hydrogen-bond acceptors (Lipinski definition) is 3. The van der Waals surface area contributed by atoms with Gasteiger partial charge in [0.2, 0.25) is 0 Å². The lowest BCUT2D eigenvalue weighted by molar-refractivity contribution is 0.111. The number of fused-ring (bicyclic) bond motifs is 3. The zero-order chi connectivity index (χ0) is 22.5. The number of halogens is 2. The molecule has 4 rings (SSSR count). The summed E-state index contributed by atoms with van der Waals surface area (Å²) in [5.74, 6) is -1.82. The first-order valence-corrected chi connectivity index (χ1v) is 10.3. The summed E-state index contributed by atoms with van der Waals surface area (Å²) in [5, 5.41) is 2.67. The van der Waals surface area contributed by atoms with Crippen molar-refractivity contribution in [3.05, 3.63) is 101 Å². The normalized spacial score (nSPS) is 12.4. The fourth-order valence-corrected chi connectivity index (χ4v) is 3.94. The first-order chi connectivity index (χ1) is 15.6. The third kappa shape index (κ3) is 4.44. The van der Waals surface area contributed by atoms with E-state index in [1.807, 2.05) is 24.3 Å². The maximum atomic E-state index is 13.6. The summed E-state index contributed by atoms with van der Waals surface area (Å²) >= 11 is 0. The average molecular weight is 433 g/mol. The van der Waals surface area contributed by atoms with Crippen LogP contribution in [0.1, 0.15) is 39.4 Å². The Morgan fingerprint density at radius 1 is 0.969 bits per heavy atom. The molecule has 0 spiro atoms. The van der Waals surface area contributed by atoms with Crippen LogP contribution in [0.5, 0.6) is 0 Å². The Labute approximate surface area is 184 Å². The van der Waals surface area contributed by atoms with E-state index in [-0.39, 0.29) is 18.8 Å². The molecule has 4 nitrogen and oxygen atoms in total. The molecule has 3 aromatic carbocycles. The highest BCUT2D eigenvalue weighted by molar-refractivity contribution is 5.79. The van der Waals surface area contributed by atoms with Gasteiger partial charge in [0.15, 0.2) is 6.29 Å². The second-order valence-electron chi connectivity index (χ2n) is 7.46. The van der Waals surface area contributed by atoms with Gasteiger partial charge in [-0.1, -0.05) is 60.7 Å².